The molecule has 3 heteroatoms. The van der Waals surface area contributed by atoms with Crippen molar-refractivity contribution in [3.05, 3.63) is 35.4 Å². The first-order valence-electron chi connectivity index (χ1n) is 6.20. The largest absolute Gasteiger partial charge is 0.333 e. The summed E-state index contributed by atoms with van der Waals surface area (Å²) in [7, 11) is 0. The van der Waals surface area contributed by atoms with Gasteiger partial charge in [0.15, 0.2) is 0 Å². The summed E-state index contributed by atoms with van der Waals surface area (Å²) in [5.74, 6) is 0.148. The molecular formula is C14H20N2O. The lowest BCUT2D eigenvalue weighted by Gasteiger charge is -2.38. The highest BCUT2D eigenvalue weighted by Gasteiger charge is 2.28. The van der Waals surface area contributed by atoms with Crippen LogP contribution in [0.1, 0.15) is 29.8 Å². The van der Waals surface area contributed by atoms with Crippen molar-refractivity contribution in [3.8, 4) is 0 Å². The van der Waals surface area contributed by atoms with E-state index < -0.39 is 0 Å². The maximum atomic E-state index is 12.4. The predicted molar refractivity (Wildman–Crippen MR) is 69.1 cm³/mol. The fourth-order valence-electron chi connectivity index (χ4n) is 2.29. The van der Waals surface area contributed by atoms with Crippen LogP contribution >= 0.6 is 0 Å². The molecule has 1 amide bonds. The average molecular weight is 232 g/mol. The monoisotopic (exact) mass is 232 g/mol. The van der Waals surface area contributed by atoms with Gasteiger partial charge in [-0.15, -0.1) is 0 Å². The van der Waals surface area contributed by atoms with Crippen LogP contribution in [0.25, 0.3) is 0 Å². The number of aryl methyl sites for hydroxylation is 1. The number of benzene rings is 1. The summed E-state index contributed by atoms with van der Waals surface area (Å²) in [6, 6.07) is 8.42. The van der Waals surface area contributed by atoms with Crippen molar-refractivity contribution in [1.82, 2.24) is 10.2 Å². The molecule has 0 saturated carbocycles. The van der Waals surface area contributed by atoms with Gasteiger partial charge in [-0.2, -0.15) is 0 Å². The Kier molecular flexibility index (Phi) is 3.48. The fourth-order valence-corrected chi connectivity index (χ4v) is 2.29. The molecule has 2 atom stereocenters. The Morgan fingerprint density at radius 2 is 2.18 bits per heavy atom. The number of amides is 1. The highest BCUT2D eigenvalue weighted by Crippen LogP contribution is 2.14. The first-order chi connectivity index (χ1) is 8.09. The van der Waals surface area contributed by atoms with Gasteiger partial charge >= 0.3 is 0 Å². The van der Waals surface area contributed by atoms with Gasteiger partial charge in [0.25, 0.3) is 5.91 Å². The molecule has 0 bridgehead atoms. The van der Waals surface area contributed by atoms with E-state index >= 15 is 0 Å². The molecule has 1 aromatic rings. The van der Waals surface area contributed by atoms with Crippen LogP contribution in [-0.2, 0) is 0 Å². The van der Waals surface area contributed by atoms with E-state index in [9.17, 15) is 4.79 Å². The number of rotatable bonds is 1. The van der Waals surface area contributed by atoms with Crippen LogP contribution in [-0.4, -0.2) is 36.0 Å². The standard InChI is InChI=1S/C14H20N2O/c1-10-5-4-6-13(9-10)14(17)16-8-7-15-11(2)12(16)3/h4-6,9,11-12,15H,7-8H2,1-3H3. The summed E-state index contributed by atoms with van der Waals surface area (Å²) < 4.78 is 0. The van der Waals surface area contributed by atoms with E-state index in [1.807, 2.05) is 36.1 Å². The maximum absolute atomic E-state index is 12.4. The average Bonchev–Trinajstić information content (AvgIpc) is 2.32. The van der Waals surface area contributed by atoms with Crippen molar-refractivity contribution in [1.29, 1.82) is 0 Å². The molecule has 2 rings (SSSR count). The van der Waals surface area contributed by atoms with Crippen LogP contribution in [0, 0.1) is 6.92 Å². The van der Waals surface area contributed by atoms with Gasteiger partial charge in [0.05, 0.1) is 0 Å². The molecule has 1 heterocycles. The minimum atomic E-state index is 0.148. The van der Waals surface area contributed by atoms with Crippen LogP contribution < -0.4 is 5.32 Å². The zero-order valence-electron chi connectivity index (χ0n) is 10.7. The van der Waals surface area contributed by atoms with Gasteiger partial charge in [0.1, 0.15) is 0 Å². The Balaban J connectivity index is 2.19. The zero-order valence-corrected chi connectivity index (χ0v) is 10.7. The molecule has 17 heavy (non-hydrogen) atoms. The van der Waals surface area contributed by atoms with E-state index in [0.29, 0.717) is 6.04 Å². The third-order valence-corrected chi connectivity index (χ3v) is 3.56. The van der Waals surface area contributed by atoms with Crippen molar-refractivity contribution in [2.24, 2.45) is 0 Å². The quantitative estimate of drug-likeness (QED) is 0.801. The van der Waals surface area contributed by atoms with E-state index in [2.05, 4.69) is 19.2 Å². The molecule has 3 nitrogen and oxygen atoms in total. The van der Waals surface area contributed by atoms with Crippen molar-refractivity contribution in [3.63, 3.8) is 0 Å². The molecule has 0 spiro atoms. The van der Waals surface area contributed by atoms with Crippen LogP contribution in [0.15, 0.2) is 24.3 Å². The summed E-state index contributed by atoms with van der Waals surface area (Å²) >= 11 is 0. The van der Waals surface area contributed by atoms with Crippen LogP contribution in [0.2, 0.25) is 0 Å². The van der Waals surface area contributed by atoms with Crippen molar-refractivity contribution in [2.75, 3.05) is 13.1 Å². The maximum Gasteiger partial charge on any atom is 0.254 e. The summed E-state index contributed by atoms with van der Waals surface area (Å²) in [5, 5.41) is 3.39. The van der Waals surface area contributed by atoms with Gasteiger partial charge in [0, 0.05) is 30.7 Å². The number of hydrogen-bond donors (Lipinski definition) is 1. The second kappa shape index (κ2) is 4.88. The van der Waals surface area contributed by atoms with Gasteiger partial charge in [-0.25, -0.2) is 0 Å². The Morgan fingerprint density at radius 3 is 2.88 bits per heavy atom. The van der Waals surface area contributed by atoms with E-state index in [1.165, 1.54) is 0 Å². The van der Waals surface area contributed by atoms with Crippen LogP contribution in [0.4, 0.5) is 0 Å². The second-order valence-corrected chi connectivity index (χ2v) is 4.85. The SMILES string of the molecule is Cc1cccc(C(=O)N2CCNC(C)C2C)c1. The number of nitrogens with zero attached hydrogens (tertiary/aromatic N) is 1. The molecule has 1 aliphatic rings. The molecule has 1 aromatic carbocycles. The number of nitrogens with one attached hydrogen (secondary N) is 1. The summed E-state index contributed by atoms with van der Waals surface area (Å²) in [4.78, 5) is 14.4. The van der Waals surface area contributed by atoms with Crippen LogP contribution in [0.3, 0.4) is 0 Å². The molecule has 1 N–H and O–H groups in total. The Bertz CT molecular complexity index is 416. The van der Waals surface area contributed by atoms with Crippen molar-refractivity contribution >= 4 is 5.91 Å². The Morgan fingerprint density at radius 1 is 1.41 bits per heavy atom. The molecule has 1 fully saturated rings. The number of piperazine rings is 1. The first-order valence-corrected chi connectivity index (χ1v) is 6.20. The summed E-state index contributed by atoms with van der Waals surface area (Å²) in [6.07, 6.45) is 0. The number of hydrogen-bond acceptors (Lipinski definition) is 2. The van der Waals surface area contributed by atoms with E-state index in [-0.39, 0.29) is 11.9 Å². The van der Waals surface area contributed by atoms with Crippen molar-refractivity contribution in [2.45, 2.75) is 32.9 Å². The van der Waals surface area contributed by atoms with Gasteiger partial charge < -0.3 is 10.2 Å². The minimum Gasteiger partial charge on any atom is -0.333 e. The third kappa shape index (κ3) is 2.50. The van der Waals surface area contributed by atoms with E-state index in [0.717, 1.165) is 24.2 Å². The number of carbonyl (C=O) groups is 1. The van der Waals surface area contributed by atoms with E-state index in [1.54, 1.807) is 0 Å². The molecule has 1 aliphatic heterocycles. The molecule has 2 unspecified atom stereocenters. The van der Waals surface area contributed by atoms with Gasteiger partial charge in [0.2, 0.25) is 0 Å². The zero-order chi connectivity index (χ0) is 12.4. The minimum absolute atomic E-state index is 0.148. The third-order valence-electron chi connectivity index (χ3n) is 3.56. The molecule has 92 valence electrons. The lowest BCUT2D eigenvalue weighted by molar-refractivity contribution is 0.0603. The lowest BCUT2D eigenvalue weighted by Crippen LogP contribution is -2.57. The Hall–Kier alpha value is -1.35. The van der Waals surface area contributed by atoms with Crippen LogP contribution in [0.5, 0.6) is 0 Å². The molecule has 1 saturated heterocycles. The second-order valence-electron chi connectivity index (χ2n) is 4.85. The summed E-state index contributed by atoms with van der Waals surface area (Å²) in [6.45, 7) is 7.91. The predicted octanol–water partition coefficient (Wildman–Crippen LogP) is 1.82. The highest BCUT2D eigenvalue weighted by molar-refractivity contribution is 5.94. The molecular weight excluding hydrogens is 212 g/mol. The Labute approximate surface area is 103 Å². The summed E-state index contributed by atoms with van der Waals surface area (Å²) in [5.41, 5.74) is 1.93. The molecule has 0 aliphatic carbocycles. The van der Waals surface area contributed by atoms with E-state index in [4.69, 9.17) is 0 Å². The molecule has 0 radical (unpaired) electrons. The molecule has 0 aromatic heterocycles. The highest BCUT2D eigenvalue weighted by atomic mass is 16.2. The fraction of sp³-hybridized carbons (Fsp3) is 0.500. The van der Waals surface area contributed by atoms with Gasteiger partial charge in [-0.05, 0) is 32.9 Å². The normalized spacial score (nSPS) is 24.8. The first kappa shape index (κ1) is 12.1. The van der Waals surface area contributed by atoms with Crippen molar-refractivity contribution < 1.29 is 4.79 Å². The topological polar surface area (TPSA) is 32.3 Å². The smallest absolute Gasteiger partial charge is 0.254 e. The van der Waals surface area contributed by atoms with Gasteiger partial charge in [-0.1, -0.05) is 17.7 Å². The number of carbonyl (C=O) groups excluding carboxylic acids is 1. The lowest BCUT2D eigenvalue weighted by atomic mass is 10.0. The van der Waals surface area contributed by atoms with Gasteiger partial charge in [-0.3, -0.25) is 4.79 Å².